The molecule has 6 rings (SSSR count). The average Bonchev–Trinajstić information content (AvgIpc) is 3.12. The number of hydrogen-bond donors (Lipinski definition) is 0. The topological polar surface area (TPSA) is 73.8 Å². The molecule has 2 heterocycles. The fourth-order valence-electron chi connectivity index (χ4n) is 7.36. The highest BCUT2D eigenvalue weighted by atomic mass is 35.5. The summed E-state index contributed by atoms with van der Waals surface area (Å²) in [7, 11) is -0.615. The molecule has 0 spiro atoms. The number of halogens is 1. The molecule has 10 heteroatoms. The molecular formula is C42H56ClN3O4SSi. The number of fused-ring (bicyclic) bond motifs is 2. The Bertz CT molecular complexity index is 1700. The molecule has 0 radical (unpaired) electrons. The monoisotopic (exact) mass is 761 g/mol. The van der Waals surface area contributed by atoms with Crippen molar-refractivity contribution in [3.05, 3.63) is 88.7 Å². The van der Waals surface area contributed by atoms with Crippen LogP contribution in [0.25, 0.3) is 0 Å². The molecule has 3 aromatic rings. The van der Waals surface area contributed by atoms with Crippen LogP contribution in [0.15, 0.2) is 72.2 Å². The van der Waals surface area contributed by atoms with Gasteiger partial charge in [0.25, 0.3) is 0 Å². The molecule has 0 bridgehead atoms. The lowest BCUT2D eigenvalue weighted by atomic mass is 9.69. The number of hydrogen-bond acceptors (Lipinski definition) is 8. The molecule has 52 heavy (non-hydrogen) atoms. The third kappa shape index (κ3) is 9.44. The van der Waals surface area contributed by atoms with Crippen LogP contribution in [-0.4, -0.2) is 56.3 Å². The van der Waals surface area contributed by atoms with Gasteiger partial charge in [-0.1, -0.05) is 62.4 Å². The third-order valence-corrected chi connectivity index (χ3v) is 17.8. The normalized spacial score (nSPS) is 22.9. The number of ether oxygens (including phenoxy) is 2. The maximum atomic E-state index is 12.7. The van der Waals surface area contributed by atoms with E-state index in [0.29, 0.717) is 35.8 Å². The Morgan fingerprint density at radius 1 is 1.06 bits per heavy atom. The van der Waals surface area contributed by atoms with Crippen LogP contribution in [0, 0.1) is 23.7 Å². The molecule has 1 aromatic heterocycles. The van der Waals surface area contributed by atoms with Gasteiger partial charge in [0.05, 0.1) is 24.5 Å². The standard InChI is InChI=1S/C42H56ClN3O4SSi/c1-42(2,3)52(5,6)50-38(19-15-29-11-12-34(29)28-51-41-44-21-9-22-45-41)36-18-14-32(36)26-46-23-8-7-10-30-24-35(43)17-13-33(30)27-49-39-20-16-31(25-37(39)46)40(47)48-4/h9,13,15-17,19-22,24-25,29,32,34,36,38H,7-8,10-12,14,18,23,26-28H2,1-6H3/b19-15-/t29-,32+,34-,36-,38?/m1/s1. The van der Waals surface area contributed by atoms with Gasteiger partial charge in [0.15, 0.2) is 13.5 Å². The van der Waals surface area contributed by atoms with Crippen LogP contribution < -0.4 is 9.64 Å². The molecule has 1 aliphatic heterocycles. The highest BCUT2D eigenvalue weighted by Crippen LogP contribution is 2.46. The molecule has 2 aromatic carbocycles. The smallest absolute Gasteiger partial charge is 0.337 e. The van der Waals surface area contributed by atoms with Crippen LogP contribution in [0.1, 0.15) is 80.8 Å². The molecule has 3 aliphatic rings. The third-order valence-electron chi connectivity index (χ3n) is 12.0. The Hall–Kier alpha value is -2.85. The number of aryl methyl sites for hydroxylation is 1. The van der Waals surface area contributed by atoms with E-state index in [1.807, 2.05) is 42.7 Å². The summed E-state index contributed by atoms with van der Waals surface area (Å²) in [6.45, 7) is 14.0. The highest BCUT2D eigenvalue weighted by Gasteiger charge is 2.44. The van der Waals surface area contributed by atoms with Crippen LogP contribution in [0.3, 0.4) is 0 Å². The fourth-order valence-corrected chi connectivity index (χ4v) is 9.89. The molecule has 5 atom stereocenters. The second-order valence-corrected chi connectivity index (χ2v) is 22.5. The number of methoxy groups -OCH3 is 1. The van der Waals surface area contributed by atoms with Gasteiger partial charge in [0.1, 0.15) is 12.4 Å². The number of esters is 1. The molecule has 2 aliphatic carbocycles. The Kier molecular flexibility index (Phi) is 12.8. The maximum Gasteiger partial charge on any atom is 0.337 e. The Morgan fingerprint density at radius 3 is 2.54 bits per heavy atom. The van der Waals surface area contributed by atoms with Crippen molar-refractivity contribution in [3.63, 3.8) is 0 Å². The van der Waals surface area contributed by atoms with Crippen molar-refractivity contribution in [2.75, 3.05) is 30.9 Å². The minimum Gasteiger partial charge on any atom is -0.487 e. The lowest BCUT2D eigenvalue weighted by molar-refractivity contribution is 0.0524. The van der Waals surface area contributed by atoms with Crippen molar-refractivity contribution >= 4 is 43.3 Å². The van der Waals surface area contributed by atoms with Gasteiger partial charge in [-0.25, -0.2) is 14.8 Å². The van der Waals surface area contributed by atoms with Gasteiger partial charge in [-0.15, -0.1) is 0 Å². The number of anilines is 1. The largest absolute Gasteiger partial charge is 0.487 e. The van der Waals surface area contributed by atoms with Crippen molar-refractivity contribution in [2.45, 2.75) is 102 Å². The van der Waals surface area contributed by atoms with E-state index < -0.39 is 8.32 Å². The van der Waals surface area contributed by atoms with Gasteiger partial charge in [-0.2, -0.15) is 0 Å². The second kappa shape index (κ2) is 17.1. The highest BCUT2D eigenvalue weighted by molar-refractivity contribution is 7.99. The Balaban J connectivity index is 1.23. The minimum absolute atomic E-state index is 0.0753. The van der Waals surface area contributed by atoms with E-state index in [1.54, 1.807) is 11.8 Å². The molecule has 0 N–H and O–H groups in total. The van der Waals surface area contributed by atoms with E-state index in [-0.39, 0.29) is 17.1 Å². The maximum absolute atomic E-state index is 12.7. The molecule has 0 saturated heterocycles. The lowest BCUT2D eigenvalue weighted by Crippen LogP contribution is -2.50. The lowest BCUT2D eigenvalue weighted by Gasteiger charge is -2.48. The Labute approximate surface area is 321 Å². The van der Waals surface area contributed by atoms with Crippen molar-refractivity contribution in [1.29, 1.82) is 0 Å². The van der Waals surface area contributed by atoms with Gasteiger partial charge >= 0.3 is 5.97 Å². The molecule has 280 valence electrons. The molecule has 7 nitrogen and oxygen atoms in total. The summed E-state index contributed by atoms with van der Waals surface area (Å²) >= 11 is 8.18. The zero-order valence-electron chi connectivity index (χ0n) is 31.8. The predicted octanol–water partition coefficient (Wildman–Crippen LogP) is 10.4. The number of carbonyl (C=O) groups excluding carboxylic acids is 1. The predicted molar refractivity (Wildman–Crippen MR) is 215 cm³/mol. The zero-order chi connectivity index (χ0) is 36.9. The van der Waals surface area contributed by atoms with E-state index in [0.717, 1.165) is 78.1 Å². The molecule has 1 unspecified atom stereocenters. The molecular weight excluding hydrogens is 706 g/mol. The summed E-state index contributed by atoms with van der Waals surface area (Å²) < 4.78 is 19.0. The number of allylic oxidation sites excluding steroid dienone is 1. The van der Waals surface area contributed by atoms with Crippen molar-refractivity contribution in [3.8, 4) is 5.75 Å². The molecule has 2 fully saturated rings. The van der Waals surface area contributed by atoms with Gasteiger partial charge in [-0.05, 0) is 134 Å². The van der Waals surface area contributed by atoms with E-state index in [2.05, 4.69) is 73.0 Å². The van der Waals surface area contributed by atoms with E-state index in [9.17, 15) is 4.79 Å². The first kappa shape index (κ1) is 38.9. The first-order valence-corrected chi connectivity index (χ1v) is 23.3. The summed E-state index contributed by atoms with van der Waals surface area (Å²) in [5, 5.41) is 1.73. The van der Waals surface area contributed by atoms with Gasteiger partial charge in [-0.3, -0.25) is 0 Å². The van der Waals surface area contributed by atoms with Crippen LogP contribution >= 0.6 is 23.4 Å². The summed E-state index contributed by atoms with van der Waals surface area (Å²) in [4.78, 5) is 24.1. The van der Waals surface area contributed by atoms with Gasteiger partial charge in [0, 0.05) is 36.3 Å². The second-order valence-electron chi connectivity index (χ2n) is 16.4. The zero-order valence-corrected chi connectivity index (χ0v) is 34.3. The number of thioether (sulfide) groups is 1. The summed E-state index contributed by atoms with van der Waals surface area (Å²) in [5.41, 5.74) is 3.89. The van der Waals surface area contributed by atoms with E-state index in [4.69, 9.17) is 25.5 Å². The van der Waals surface area contributed by atoms with Gasteiger partial charge < -0.3 is 18.8 Å². The summed E-state index contributed by atoms with van der Waals surface area (Å²) in [6.07, 6.45) is 16.4. The number of aromatic nitrogens is 2. The van der Waals surface area contributed by atoms with Crippen LogP contribution in [0.5, 0.6) is 5.75 Å². The first-order chi connectivity index (χ1) is 24.9. The Morgan fingerprint density at radius 2 is 1.85 bits per heavy atom. The fraction of sp³-hybridized carbons (Fsp3) is 0.548. The molecule has 0 amide bonds. The van der Waals surface area contributed by atoms with Crippen molar-refractivity contribution < 1.29 is 18.7 Å². The first-order valence-electron chi connectivity index (χ1n) is 19.0. The van der Waals surface area contributed by atoms with Crippen LogP contribution in [-0.2, 0) is 22.2 Å². The number of carbonyl (C=O) groups is 1. The SMILES string of the molecule is COC(=O)c1ccc2c(c1)N(C[C@@H]1CC[C@H]1C(/C=C\[C@H]1CC[C@@H]1CSc1ncccn1)O[Si](C)(C)C(C)(C)C)CCCCc1cc(Cl)ccc1CO2. The number of nitrogens with zero attached hydrogens (tertiary/aromatic N) is 3. The van der Waals surface area contributed by atoms with Crippen LogP contribution in [0.2, 0.25) is 23.2 Å². The number of rotatable bonds is 11. The summed E-state index contributed by atoms with van der Waals surface area (Å²) in [6, 6.07) is 13.7. The minimum atomic E-state index is -2.05. The number of benzene rings is 2. The van der Waals surface area contributed by atoms with E-state index >= 15 is 0 Å². The van der Waals surface area contributed by atoms with E-state index in [1.165, 1.54) is 25.5 Å². The van der Waals surface area contributed by atoms with Gasteiger partial charge in [0.2, 0.25) is 0 Å². The van der Waals surface area contributed by atoms with Crippen LogP contribution in [0.4, 0.5) is 5.69 Å². The average molecular weight is 763 g/mol. The quantitative estimate of drug-likeness (QED) is 0.0629. The molecule has 2 saturated carbocycles. The summed E-state index contributed by atoms with van der Waals surface area (Å²) in [5.74, 6) is 3.57. The van der Waals surface area contributed by atoms with Crippen molar-refractivity contribution in [1.82, 2.24) is 9.97 Å². The van der Waals surface area contributed by atoms with Crippen molar-refractivity contribution in [2.24, 2.45) is 23.7 Å².